The Kier molecular flexibility index (Phi) is 5.80. The summed E-state index contributed by atoms with van der Waals surface area (Å²) in [6, 6.07) is 8.86. The zero-order valence-electron chi connectivity index (χ0n) is 13.5. The van der Waals surface area contributed by atoms with E-state index in [1.807, 2.05) is 6.92 Å². The molecule has 6 heteroatoms. The number of pyridine rings is 1. The fourth-order valence-corrected chi connectivity index (χ4v) is 2.10. The SMILES string of the molecule is CCOc1cccnc1NC(=O)Cc1ccc(OC)cc1OC. The minimum Gasteiger partial charge on any atom is -0.497 e. The van der Waals surface area contributed by atoms with E-state index in [1.165, 1.54) is 0 Å². The molecule has 0 atom stereocenters. The molecule has 1 N–H and O–H groups in total. The molecule has 0 radical (unpaired) electrons. The van der Waals surface area contributed by atoms with Crippen molar-refractivity contribution in [3.63, 3.8) is 0 Å². The summed E-state index contributed by atoms with van der Waals surface area (Å²) in [7, 11) is 3.14. The van der Waals surface area contributed by atoms with Gasteiger partial charge in [0.25, 0.3) is 0 Å². The average molecular weight is 316 g/mol. The lowest BCUT2D eigenvalue weighted by molar-refractivity contribution is -0.115. The van der Waals surface area contributed by atoms with E-state index in [0.29, 0.717) is 29.7 Å². The topological polar surface area (TPSA) is 69.7 Å². The average Bonchev–Trinajstić information content (AvgIpc) is 2.57. The number of anilines is 1. The van der Waals surface area contributed by atoms with E-state index >= 15 is 0 Å². The molecule has 2 aromatic rings. The first-order valence-corrected chi connectivity index (χ1v) is 7.26. The standard InChI is InChI=1S/C17H20N2O4/c1-4-23-14-6-5-9-18-17(14)19-16(20)10-12-7-8-13(21-2)11-15(12)22-3/h5-9,11H,4,10H2,1-3H3,(H,18,19,20). The van der Waals surface area contributed by atoms with Gasteiger partial charge in [0, 0.05) is 17.8 Å². The molecule has 0 aliphatic heterocycles. The first-order chi connectivity index (χ1) is 11.2. The highest BCUT2D eigenvalue weighted by Gasteiger charge is 2.13. The Bertz CT molecular complexity index is 673. The second-order valence-electron chi connectivity index (χ2n) is 4.69. The molecular formula is C17H20N2O4. The minimum atomic E-state index is -0.201. The van der Waals surface area contributed by atoms with Gasteiger partial charge in [0.15, 0.2) is 11.6 Å². The van der Waals surface area contributed by atoms with Crippen LogP contribution in [0.15, 0.2) is 36.5 Å². The summed E-state index contributed by atoms with van der Waals surface area (Å²) in [6.07, 6.45) is 1.77. The number of amides is 1. The van der Waals surface area contributed by atoms with Crippen LogP contribution in [0.4, 0.5) is 5.82 Å². The van der Waals surface area contributed by atoms with Crippen LogP contribution in [0.2, 0.25) is 0 Å². The molecule has 1 aromatic heterocycles. The molecule has 0 bridgehead atoms. The fourth-order valence-electron chi connectivity index (χ4n) is 2.10. The number of rotatable bonds is 7. The van der Waals surface area contributed by atoms with Gasteiger partial charge in [-0.25, -0.2) is 4.98 Å². The lowest BCUT2D eigenvalue weighted by Crippen LogP contribution is -2.16. The van der Waals surface area contributed by atoms with Crippen molar-refractivity contribution in [1.82, 2.24) is 4.98 Å². The van der Waals surface area contributed by atoms with E-state index in [4.69, 9.17) is 14.2 Å². The van der Waals surface area contributed by atoms with Crippen LogP contribution in [0, 0.1) is 0 Å². The summed E-state index contributed by atoms with van der Waals surface area (Å²) in [6.45, 7) is 2.38. The summed E-state index contributed by atoms with van der Waals surface area (Å²) < 4.78 is 15.9. The van der Waals surface area contributed by atoms with Crippen LogP contribution in [0.5, 0.6) is 17.2 Å². The van der Waals surface area contributed by atoms with Crippen LogP contribution in [-0.2, 0) is 11.2 Å². The number of carbonyl (C=O) groups excluding carboxylic acids is 1. The number of ether oxygens (including phenoxy) is 3. The van der Waals surface area contributed by atoms with Crippen LogP contribution in [0.25, 0.3) is 0 Å². The van der Waals surface area contributed by atoms with Crippen LogP contribution >= 0.6 is 0 Å². The van der Waals surface area contributed by atoms with Crippen molar-refractivity contribution in [2.24, 2.45) is 0 Å². The summed E-state index contributed by atoms with van der Waals surface area (Å²) >= 11 is 0. The molecule has 6 nitrogen and oxygen atoms in total. The van der Waals surface area contributed by atoms with Gasteiger partial charge in [0.05, 0.1) is 27.2 Å². The monoisotopic (exact) mass is 316 g/mol. The third-order valence-electron chi connectivity index (χ3n) is 3.17. The van der Waals surface area contributed by atoms with Crippen molar-refractivity contribution in [3.05, 3.63) is 42.1 Å². The summed E-state index contributed by atoms with van der Waals surface area (Å²) in [5.74, 6) is 2.03. The van der Waals surface area contributed by atoms with Crippen LogP contribution in [0.3, 0.4) is 0 Å². The van der Waals surface area contributed by atoms with E-state index in [0.717, 1.165) is 5.56 Å². The summed E-state index contributed by atoms with van der Waals surface area (Å²) in [4.78, 5) is 16.4. The molecule has 0 saturated carbocycles. The molecule has 1 aromatic carbocycles. The van der Waals surface area contributed by atoms with Crippen LogP contribution in [0.1, 0.15) is 12.5 Å². The van der Waals surface area contributed by atoms with Gasteiger partial charge in [-0.1, -0.05) is 6.07 Å². The van der Waals surface area contributed by atoms with Gasteiger partial charge in [-0.15, -0.1) is 0 Å². The predicted molar refractivity (Wildman–Crippen MR) is 87.3 cm³/mol. The molecular weight excluding hydrogens is 296 g/mol. The molecule has 0 aliphatic rings. The Morgan fingerprint density at radius 2 is 2.00 bits per heavy atom. The number of nitrogens with zero attached hydrogens (tertiary/aromatic N) is 1. The highest BCUT2D eigenvalue weighted by Crippen LogP contribution is 2.26. The number of hydrogen-bond acceptors (Lipinski definition) is 5. The van der Waals surface area contributed by atoms with Crippen molar-refractivity contribution in [2.75, 3.05) is 26.1 Å². The van der Waals surface area contributed by atoms with Crippen molar-refractivity contribution in [2.45, 2.75) is 13.3 Å². The van der Waals surface area contributed by atoms with Crippen molar-refractivity contribution in [3.8, 4) is 17.2 Å². The predicted octanol–water partition coefficient (Wildman–Crippen LogP) is 2.68. The molecule has 23 heavy (non-hydrogen) atoms. The third kappa shape index (κ3) is 4.35. The maximum Gasteiger partial charge on any atom is 0.230 e. The van der Waals surface area contributed by atoms with Gasteiger partial charge in [-0.05, 0) is 25.1 Å². The Balaban J connectivity index is 2.11. The molecule has 1 amide bonds. The van der Waals surface area contributed by atoms with Gasteiger partial charge in [0.1, 0.15) is 11.5 Å². The largest absolute Gasteiger partial charge is 0.497 e. The number of aromatic nitrogens is 1. The number of nitrogens with one attached hydrogen (secondary N) is 1. The van der Waals surface area contributed by atoms with Crippen molar-refractivity contribution < 1.29 is 19.0 Å². The normalized spacial score (nSPS) is 10.0. The maximum absolute atomic E-state index is 12.3. The second-order valence-corrected chi connectivity index (χ2v) is 4.69. The zero-order chi connectivity index (χ0) is 16.7. The first-order valence-electron chi connectivity index (χ1n) is 7.26. The number of carbonyl (C=O) groups is 1. The highest BCUT2D eigenvalue weighted by atomic mass is 16.5. The fraction of sp³-hybridized carbons (Fsp3) is 0.294. The minimum absolute atomic E-state index is 0.162. The van der Waals surface area contributed by atoms with Crippen molar-refractivity contribution in [1.29, 1.82) is 0 Å². The highest BCUT2D eigenvalue weighted by molar-refractivity contribution is 5.93. The zero-order valence-corrected chi connectivity index (χ0v) is 13.5. The van der Waals surface area contributed by atoms with Crippen LogP contribution in [-0.4, -0.2) is 31.7 Å². The number of hydrogen-bond donors (Lipinski definition) is 1. The molecule has 0 unspecified atom stereocenters. The Hall–Kier alpha value is -2.76. The van der Waals surface area contributed by atoms with Crippen LogP contribution < -0.4 is 19.5 Å². The van der Waals surface area contributed by atoms with E-state index in [2.05, 4.69) is 10.3 Å². The van der Waals surface area contributed by atoms with E-state index < -0.39 is 0 Å². The number of methoxy groups -OCH3 is 2. The second kappa shape index (κ2) is 8.03. The molecule has 0 aliphatic carbocycles. The molecule has 122 valence electrons. The van der Waals surface area contributed by atoms with E-state index in [1.54, 1.807) is 50.7 Å². The third-order valence-corrected chi connectivity index (χ3v) is 3.17. The summed E-state index contributed by atoms with van der Waals surface area (Å²) in [5, 5.41) is 2.76. The molecule has 0 fully saturated rings. The van der Waals surface area contributed by atoms with Gasteiger partial charge >= 0.3 is 0 Å². The van der Waals surface area contributed by atoms with Gasteiger partial charge < -0.3 is 19.5 Å². The van der Waals surface area contributed by atoms with E-state index in [-0.39, 0.29) is 12.3 Å². The van der Waals surface area contributed by atoms with Gasteiger partial charge in [-0.2, -0.15) is 0 Å². The number of benzene rings is 1. The quantitative estimate of drug-likeness (QED) is 0.850. The van der Waals surface area contributed by atoms with Gasteiger partial charge in [0.2, 0.25) is 5.91 Å². The first kappa shape index (κ1) is 16.6. The molecule has 1 heterocycles. The Morgan fingerprint density at radius 1 is 1.17 bits per heavy atom. The molecule has 0 spiro atoms. The molecule has 0 saturated heterocycles. The van der Waals surface area contributed by atoms with Crippen molar-refractivity contribution >= 4 is 11.7 Å². The maximum atomic E-state index is 12.3. The van der Waals surface area contributed by atoms with Gasteiger partial charge in [-0.3, -0.25) is 4.79 Å². The lowest BCUT2D eigenvalue weighted by Gasteiger charge is -2.12. The smallest absolute Gasteiger partial charge is 0.230 e. The van der Waals surface area contributed by atoms with E-state index in [9.17, 15) is 4.79 Å². The summed E-state index contributed by atoms with van der Waals surface area (Å²) in [5.41, 5.74) is 0.764. The molecule has 2 rings (SSSR count). The Morgan fingerprint density at radius 3 is 2.70 bits per heavy atom. The lowest BCUT2D eigenvalue weighted by atomic mass is 10.1. The Labute approximate surface area is 135 Å².